The standard InChI is InChI=1S/C38H43N5O6/c1-2-43(40-25-27-15-16-34(44)35(45)23-27)37(47)30-12-8-11-29(24-30)36(46)26-39-19-22-42-20-17-31(18-21-42)49-38(48)41-33-14-7-6-13-32(33)28-9-4-3-5-10-28/h3-16,23-24,31,39-40,44-45H,2,17-22,25-26H2,1H3,(H,41,48). The molecule has 4 aromatic rings. The van der Waals surface area contributed by atoms with Gasteiger partial charge in [-0.05, 0) is 61.2 Å². The molecular formula is C38H43N5O6. The zero-order valence-electron chi connectivity index (χ0n) is 27.6. The zero-order valence-corrected chi connectivity index (χ0v) is 27.6. The SMILES string of the molecule is CCN(NCc1ccc(O)c(O)c1)C(=O)c1cccc(C(=O)CNCCN2CCC(OC(=O)Nc3ccccc3-c3ccccc3)CC2)c1. The minimum absolute atomic E-state index is 0.114. The molecule has 1 aliphatic heterocycles. The number of para-hydroxylation sites is 1. The number of phenolic OH excluding ortho intramolecular Hbond substituents is 2. The number of rotatable bonds is 14. The van der Waals surface area contributed by atoms with E-state index in [1.54, 1.807) is 30.3 Å². The lowest BCUT2D eigenvalue weighted by atomic mass is 10.0. The number of likely N-dealkylation sites (tertiary alicyclic amines) is 1. The number of piperidine rings is 1. The summed E-state index contributed by atoms with van der Waals surface area (Å²) in [5.41, 5.74) is 7.22. The van der Waals surface area contributed by atoms with Crippen LogP contribution in [0.3, 0.4) is 0 Å². The van der Waals surface area contributed by atoms with E-state index in [1.165, 1.54) is 17.1 Å². The van der Waals surface area contributed by atoms with Crippen molar-refractivity contribution in [2.75, 3.05) is 44.6 Å². The van der Waals surface area contributed by atoms with Gasteiger partial charge in [-0.1, -0.05) is 66.7 Å². The monoisotopic (exact) mass is 665 g/mol. The molecule has 49 heavy (non-hydrogen) atoms. The number of hydrogen-bond acceptors (Lipinski definition) is 9. The molecule has 256 valence electrons. The highest BCUT2D eigenvalue weighted by Gasteiger charge is 2.23. The highest BCUT2D eigenvalue weighted by Crippen LogP contribution is 2.28. The Morgan fingerprint density at radius 1 is 0.857 bits per heavy atom. The van der Waals surface area contributed by atoms with E-state index < -0.39 is 6.09 Å². The number of Topliss-reactive ketones (excluding diaryl/α,β-unsaturated/α-hetero) is 1. The van der Waals surface area contributed by atoms with Crippen LogP contribution in [0.15, 0.2) is 97.1 Å². The summed E-state index contributed by atoms with van der Waals surface area (Å²) >= 11 is 0. The molecule has 0 unspecified atom stereocenters. The van der Waals surface area contributed by atoms with Crippen LogP contribution in [0.25, 0.3) is 11.1 Å². The van der Waals surface area contributed by atoms with Gasteiger partial charge in [-0.25, -0.2) is 10.2 Å². The number of hydrogen-bond donors (Lipinski definition) is 5. The largest absolute Gasteiger partial charge is 0.504 e. The number of benzene rings is 4. The summed E-state index contributed by atoms with van der Waals surface area (Å²) in [4.78, 5) is 41.1. The minimum Gasteiger partial charge on any atom is -0.504 e. The van der Waals surface area contributed by atoms with Gasteiger partial charge >= 0.3 is 6.09 Å². The third-order valence-electron chi connectivity index (χ3n) is 8.45. The van der Waals surface area contributed by atoms with Crippen LogP contribution in [0, 0.1) is 0 Å². The Balaban J connectivity index is 1.01. The summed E-state index contributed by atoms with van der Waals surface area (Å²) in [5.74, 6) is -0.836. The summed E-state index contributed by atoms with van der Waals surface area (Å²) in [6.07, 6.45) is 0.842. The molecule has 1 heterocycles. The number of hydrazine groups is 1. The second-order valence-electron chi connectivity index (χ2n) is 11.9. The first kappa shape index (κ1) is 35.1. The van der Waals surface area contributed by atoms with Crippen LogP contribution >= 0.6 is 0 Å². The van der Waals surface area contributed by atoms with E-state index >= 15 is 0 Å². The van der Waals surface area contributed by atoms with Gasteiger partial charge in [0.2, 0.25) is 0 Å². The molecule has 11 nitrogen and oxygen atoms in total. The third-order valence-corrected chi connectivity index (χ3v) is 8.45. The molecule has 11 heteroatoms. The number of ketones is 1. The Bertz CT molecular complexity index is 1720. The number of phenols is 2. The van der Waals surface area contributed by atoms with Gasteiger partial charge in [-0.15, -0.1) is 0 Å². The summed E-state index contributed by atoms with van der Waals surface area (Å²) in [5, 5.41) is 26.8. The van der Waals surface area contributed by atoms with Gasteiger partial charge < -0.3 is 25.2 Å². The molecule has 0 aliphatic carbocycles. The van der Waals surface area contributed by atoms with Crippen LogP contribution in [0.1, 0.15) is 46.0 Å². The van der Waals surface area contributed by atoms with Crippen molar-refractivity contribution in [2.45, 2.75) is 32.4 Å². The average Bonchev–Trinajstić information content (AvgIpc) is 3.13. The molecule has 0 spiro atoms. The minimum atomic E-state index is -0.457. The van der Waals surface area contributed by atoms with Crippen molar-refractivity contribution in [1.29, 1.82) is 0 Å². The van der Waals surface area contributed by atoms with E-state index in [4.69, 9.17) is 4.74 Å². The Labute approximate surface area is 286 Å². The summed E-state index contributed by atoms with van der Waals surface area (Å²) in [6.45, 7) is 5.56. The molecule has 1 saturated heterocycles. The topological polar surface area (TPSA) is 143 Å². The quantitative estimate of drug-likeness (QED) is 0.0517. The molecule has 5 N–H and O–H groups in total. The van der Waals surface area contributed by atoms with Crippen molar-refractivity contribution in [2.24, 2.45) is 0 Å². The fraction of sp³-hybridized carbons (Fsp3) is 0.289. The second kappa shape index (κ2) is 17.3. The van der Waals surface area contributed by atoms with Crippen LogP contribution in [0.2, 0.25) is 0 Å². The van der Waals surface area contributed by atoms with Gasteiger partial charge in [-0.3, -0.25) is 19.9 Å². The van der Waals surface area contributed by atoms with Crippen LogP contribution in [-0.2, 0) is 11.3 Å². The number of nitrogens with one attached hydrogen (secondary N) is 3. The van der Waals surface area contributed by atoms with Crippen molar-refractivity contribution in [3.05, 3.63) is 114 Å². The lowest BCUT2D eigenvalue weighted by Crippen LogP contribution is -2.42. The van der Waals surface area contributed by atoms with E-state index in [0.29, 0.717) is 35.5 Å². The van der Waals surface area contributed by atoms with E-state index in [9.17, 15) is 24.6 Å². The number of aromatic hydroxyl groups is 2. The fourth-order valence-corrected chi connectivity index (χ4v) is 5.72. The number of amides is 2. The van der Waals surface area contributed by atoms with Gasteiger partial charge in [0, 0.05) is 56.0 Å². The van der Waals surface area contributed by atoms with E-state index in [-0.39, 0.29) is 42.4 Å². The van der Waals surface area contributed by atoms with Gasteiger partial charge in [-0.2, -0.15) is 0 Å². The number of carbonyl (C=O) groups excluding carboxylic acids is 3. The molecule has 4 aromatic carbocycles. The highest BCUT2D eigenvalue weighted by molar-refractivity contribution is 6.01. The predicted octanol–water partition coefficient (Wildman–Crippen LogP) is 5.42. The number of anilines is 1. The molecule has 5 rings (SSSR count). The van der Waals surface area contributed by atoms with Gasteiger partial charge in [0.1, 0.15) is 6.10 Å². The maximum atomic E-state index is 13.2. The maximum Gasteiger partial charge on any atom is 0.411 e. The van der Waals surface area contributed by atoms with Crippen molar-refractivity contribution in [3.8, 4) is 22.6 Å². The molecule has 0 aromatic heterocycles. The average molecular weight is 666 g/mol. The molecule has 1 aliphatic rings. The summed E-state index contributed by atoms with van der Waals surface area (Å²) < 4.78 is 5.75. The first-order valence-corrected chi connectivity index (χ1v) is 16.6. The van der Waals surface area contributed by atoms with Crippen LogP contribution < -0.4 is 16.1 Å². The molecule has 0 bridgehead atoms. The van der Waals surface area contributed by atoms with Crippen LogP contribution in [-0.4, -0.2) is 83.3 Å². The Morgan fingerprint density at radius 2 is 1.59 bits per heavy atom. The third kappa shape index (κ3) is 9.89. The summed E-state index contributed by atoms with van der Waals surface area (Å²) in [6, 6.07) is 28.7. The highest BCUT2D eigenvalue weighted by atomic mass is 16.6. The van der Waals surface area contributed by atoms with Crippen molar-refractivity contribution in [1.82, 2.24) is 20.7 Å². The van der Waals surface area contributed by atoms with Crippen LogP contribution in [0.4, 0.5) is 10.5 Å². The van der Waals surface area contributed by atoms with Crippen molar-refractivity contribution < 1.29 is 29.3 Å². The van der Waals surface area contributed by atoms with Gasteiger partial charge in [0.05, 0.1) is 12.2 Å². The number of nitrogens with zero attached hydrogens (tertiary/aromatic N) is 2. The molecule has 0 saturated carbocycles. The molecule has 0 atom stereocenters. The number of ether oxygens (including phenoxy) is 1. The molecule has 0 radical (unpaired) electrons. The normalized spacial score (nSPS) is 13.5. The second-order valence-corrected chi connectivity index (χ2v) is 11.9. The first-order valence-electron chi connectivity index (χ1n) is 16.6. The smallest absolute Gasteiger partial charge is 0.411 e. The number of carbonyl (C=O) groups is 3. The van der Waals surface area contributed by atoms with Crippen LogP contribution in [0.5, 0.6) is 11.5 Å². The summed E-state index contributed by atoms with van der Waals surface area (Å²) in [7, 11) is 0. The lowest BCUT2D eigenvalue weighted by molar-refractivity contribution is 0.0592. The Hall–Kier alpha value is -5.23. The van der Waals surface area contributed by atoms with Crippen molar-refractivity contribution in [3.63, 3.8) is 0 Å². The zero-order chi connectivity index (χ0) is 34.6. The lowest BCUT2D eigenvalue weighted by Gasteiger charge is -2.31. The molecule has 1 fully saturated rings. The van der Waals surface area contributed by atoms with Crippen molar-refractivity contribution >= 4 is 23.5 Å². The predicted molar refractivity (Wildman–Crippen MR) is 188 cm³/mol. The van der Waals surface area contributed by atoms with Gasteiger partial charge in [0.25, 0.3) is 5.91 Å². The van der Waals surface area contributed by atoms with E-state index in [1.807, 2.05) is 61.5 Å². The maximum absolute atomic E-state index is 13.2. The van der Waals surface area contributed by atoms with E-state index in [0.717, 1.165) is 43.6 Å². The molecular weight excluding hydrogens is 622 g/mol. The Morgan fingerprint density at radius 3 is 2.35 bits per heavy atom. The first-order chi connectivity index (χ1) is 23.8. The Kier molecular flexibility index (Phi) is 12.4. The van der Waals surface area contributed by atoms with Gasteiger partial charge in [0.15, 0.2) is 17.3 Å². The molecule has 2 amide bonds. The fourth-order valence-electron chi connectivity index (χ4n) is 5.72. The van der Waals surface area contributed by atoms with E-state index in [2.05, 4.69) is 21.0 Å².